The maximum atomic E-state index is 12.1. The Kier molecular flexibility index (Phi) is 4.78. The van der Waals surface area contributed by atoms with Gasteiger partial charge in [0.15, 0.2) is 0 Å². The van der Waals surface area contributed by atoms with Crippen LogP contribution in [0.4, 0.5) is 5.69 Å². The summed E-state index contributed by atoms with van der Waals surface area (Å²) < 4.78 is 22.4. The van der Waals surface area contributed by atoms with Crippen LogP contribution in [-0.4, -0.2) is 14.3 Å². The van der Waals surface area contributed by atoms with E-state index in [9.17, 15) is 13.2 Å². The Labute approximate surface area is 136 Å². The summed E-state index contributed by atoms with van der Waals surface area (Å²) in [6.07, 6.45) is 0. The van der Waals surface area contributed by atoms with Crippen LogP contribution >= 0.6 is 33.9 Å². The van der Waals surface area contributed by atoms with E-state index in [0.29, 0.717) is 5.02 Å². The molecule has 21 heavy (non-hydrogen) atoms. The van der Waals surface area contributed by atoms with Gasteiger partial charge in [-0.15, -0.1) is 0 Å². The molecule has 0 saturated heterocycles. The molecule has 110 valence electrons. The van der Waals surface area contributed by atoms with Gasteiger partial charge in [-0.05, 0) is 30.3 Å². The van der Waals surface area contributed by atoms with Crippen molar-refractivity contribution in [2.24, 2.45) is 0 Å². The Morgan fingerprint density at radius 1 is 1.00 bits per heavy atom. The smallest absolute Gasteiger partial charge is 0.261 e. The van der Waals surface area contributed by atoms with Gasteiger partial charge in [-0.3, -0.25) is 4.79 Å². The molecule has 0 fully saturated rings. The van der Waals surface area contributed by atoms with Crippen molar-refractivity contribution in [3.63, 3.8) is 0 Å². The Morgan fingerprint density at radius 2 is 1.67 bits per heavy atom. The first-order chi connectivity index (χ1) is 9.79. The van der Waals surface area contributed by atoms with Crippen molar-refractivity contribution in [3.8, 4) is 0 Å². The first kappa shape index (κ1) is 16.1. The molecule has 0 aliphatic rings. The van der Waals surface area contributed by atoms with E-state index in [1.165, 1.54) is 12.1 Å². The summed E-state index contributed by atoms with van der Waals surface area (Å²) in [6.45, 7) is 0. The largest absolute Gasteiger partial charge is 0.321 e. The molecule has 2 aromatic rings. The minimum atomic E-state index is -3.88. The van der Waals surface area contributed by atoms with Gasteiger partial charge in [0.1, 0.15) is 0 Å². The SMILES string of the molecule is O=C(Nc1ccc(S(=O)(=O)Cl)cc1Cl)c1ccccc1Cl. The highest BCUT2D eigenvalue weighted by atomic mass is 35.7. The average Bonchev–Trinajstić information content (AvgIpc) is 2.40. The van der Waals surface area contributed by atoms with Crippen LogP contribution in [0.2, 0.25) is 10.0 Å². The highest BCUT2D eigenvalue weighted by Crippen LogP contribution is 2.27. The fourth-order valence-corrected chi connectivity index (χ4v) is 2.88. The number of amides is 1. The van der Waals surface area contributed by atoms with Gasteiger partial charge >= 0.3 is 0 Å². The number of hydrogen-bond donors (Lipinski definition) is 1. The first-order valence-electron chi connectivity index (χ1n) is 5.59. The molecular weight excluding hydrogens is 357 g/mol. The average molecular weight is 365 g/mol. The molecule has 0 aromatic heterocycles. The predicted octanol–water partition coefficient (Wildman–Crippen LogP) is 4.17. The third kappa shape index (κ3) is 3.89. The van der Waals surface area contributed by atoms with Crippen molar-refractivity contribution in [1.29, 1.82) is 0 Å². The number of carbonyl (C=O) groups is 1. The molecular formula is C13H8Cl3NO3S. The van der Waals surface area contributed by atoms with E-state index in [0.717, 1.165) is 6.07 Å². The molecule has 0 heterocycles. The number of nitrogens with one attached hydrogen (secondary N) is 1. The molecule has 2 aromatic carbocycles. The summed E-state index contributed by atoms with van der Waals surface area (Å²) in [6, 6.07) is 10.3. The number of anilines is 1. The summed E-state index contributed by atoms with van der Waals surface area (Å²) in [7, 11) is 1.34. The monoisotopic (exact) mass is 363 g/mol. The lowest BCUT2D eigenvalue weighted by molar-refractivity contribution is 0.102. The van der Waals surface area contributed by atoms with E-state index in [-0.39, 0.29) is 21.2 Å². The summed E-state index contributed by atoms with van der Waals surface area (Å²) >= 11 is 11.9. The van der Waals surface area contributed by atoms with Gasteiger partial charge in [0.05, 0.1) is 26.2 Å². The van der Waals surface area contributed by atoms with Crippen LogP contribution in [0.1, 0.15) is 10.4 Å². The predicted molar refractivity (Wildman–Crippen MR) is 83.9 cm³/mol. The number of halogens is 3. The molecule has 0 unspecified atom stereocenters. The zero-order valence-corrected chi connectivity index (χ0v) is 13.4. The molecule has 4 nitrogen and oxygen atoms in total. The number of benzene rings is 2. The molecule has 8 heteroatoms. The van der Waals surface area contributed by atoms with E-state index < -0.39 is 15.0 Å². The van der Waals surface area contributed by atoms with Crippen molar-refractivity contribution in [3.05, 3.63) is 58.1 Å². The van der Waals surface area contributed by atoms with Gasteiger partial charge in [0.2, 0.25) is 0 Å². The van der Waals surface area contributed by atoms with Crippen LogP contribution in [0, 0.1) is 0 Å². The highest BCUT2D eigenvalue weighted by Gasteiger charge is 2.15. The lowest BCUT2D eigenvalue weighted by Crippen LogP contribution is -2.12. The summed E-state index contributed by atoms with van der Waals surface area (Å²) in [5, 5.41) is 2.90. The topological polar surface area (TPSA) is 63.2 Å². The van der Waals surface area contributed by atoms with Crippen LogP contribution in [0.5, 0.6) is 0 Å². The van der Waals surface area contributed by atoms with Gasteiger partial charge in [0, 0.05) is 10.7 Å². The fourth-order valence-electron chi connectivity index (χ4n) is 1.58. The van der Waals surface area contributed by atoms with Gasteiger partial charge in [0.25, 0.3) is 15.0 Å². The molecule has 0 aliphatic heterocycles. The van der Waals surface area contributed by atoms with Crippen molar-refractivity contribution >= 4 is 54.5 Å². The quantitative estimate of drug-likeness (QED) is 0.831. The molecule has 0 aliphatic carbocycles. The van der Waals surface area contributed by atoms with Crippen LogP contribution < -0.4 is 5.32 Å². The van der Waals surface area contributed by atoms with E-state index in [1.54, 1.807) is 24.3 Å². The van der Waals surface area contributed by atoms with Crippen LogP contribution in [0.3, 0.4) is 0 Å². The molecule has 0 saturated carbocycles. The second-order valence-electron chi connectivity index (χ2n) is 4.01. The molecule has 0 bridgehead atoms. The second kappa shape index (κ2) is 6.23. The minimum Gasteiger partial charge on any atom is -0.321 e. The number of rotatable bonds is 3. The van der Waals surface area contributed by atoms with Crippen molar-refractivity contribution in [1.82, 2.24) is 0 Å². The van der Waals surface area contributed by atoms with Crippen LogP contribution in [0.15, 0.2) is 47.4 Å². The zero-order valence-electron chi connectivity index (χ0n) is 10.3. The standard InChI is InChI=1S/C13H8Cl3NO3S/c14-10-4-2-1-3-9(10)13(18)17-12-6-5-8(7-11(12)15)21(16,19)20/h1-7H,(H,17,18). The molecule has 1 N–H and O–H groups in total. The Morgan fingerprint density at radius 3 is 2.24 bits per heavy atom. The minimum absolute atomic E-state index is 0.0529. The summed E-state index contributed by atoms with van der Waals surface area (Å²) in [4.78, 5) is 11.9. The fraction of sp³-hybridized carbons (Fsp3) is 0. The van der Waals surface area contributed by atoms with Gasteiger partial charge in [-0.2, -0.15) is 0 Å². The maximum absolute atomic E-state index is 12.1. The van der Waals surface area contributed by atoms with Crippen LogP contribution in [0.25, 0.3) is 0 Å². The highest BCUT2D eigenvalue weighted by molar-refractivity contribution is 8.13. The third-order valence-corrected chi connectivity index (χ3v) is 4.58. The number of carbonyl (C=O) groups excluding carboxylic acids is 1. The first-order valence-corrected chi connectivity index (χ1v) is 8.65. The molecule has 0 spiro atoms. The molecule has 2 rings (SSSR count). The third-order valence-electron chi connectivity index (χ3n) is 2.59. The van der Waals surface area contributed by atoms with Crippen molar-refractivity contribution < 1.29 is 13.2 Å². The van der Waals surface area contributed by atoms with E-state index in [2.05, 4.69) is 5.32 Å². The van der Waals surface area contributed by atoms with E-state index in [1.807, 2.05) is 0 Å². The van der Waals surface area contributed by atoms with Gasteiger partial charge in [-0.25, -0.2) is 8.42 Å². The zero-order chi connectivity index (χ0) is 15.6. The Balaban J connectivity index is 2.29. The molecule has 1 amide bonds. The van der Waals surface area contributed by atoms with Crippen molar-refractivity contribution in [2.45, 2.75) is 4.90 Å². The summed E-state index contributed by atoms with van der Waals surface area (Å²) in [5.41, 5.74) is 0.537. The maximum Gasteiger partial charge on any atom is 0.261 e. The lowest BCUT2D eigenvalue weighted by Gasteiger charge is -2.09. The van der Waals surface area contributed by atoms with Crippen molar-refractivity contribution in [2.75, 3.05) is 5.32 Å². The van der Waals surface area contributed by atoms with Crippen LogP contribution in [-0.2, 0) is 9.05 Å². The Hall–Kier alpha value is -1.27. The van der Waals surface area contributed by atoms with E-state index in [4.69, 9.17) is 33.9 Å². The number of hydrogen-bond acceptors (Lipinski definition) is 3. The Bertz CT molecular complexity index is 806. The second-order valence-corrected chi connectivity index (χ2v) is 7.39. The molecule has 0 radical (unpaired) electrons. The lowest BCUT2D eigenvalue weighted by atomic mass is 10.2. The summed E-state index contributed by atoms with van der Waals surface area (Å²) in [5.74, 6) is -0.455. The van der Waals surface area contributed by atoms with Gasteiger partial charge < -0.3 is 5.32 Å². The van der Waals surface area contributed by atoms with E-state index >= 15 is 0 Å². The van der Waals surface area contributed by atoms with Gasteiger partial charge in [-0.1, -0.05) is 35.3 Å². The normalized spacial score (nSPS) is 11.2. The molecule has 0 atom stereocenters.